The van der Waals surface area contributed by atoms with Crippen molar-refractivity contribution in [2.24, 2.45) is 0 Å². The maximum atomic E-state index is 4.73. The lowest BCUT2D eigenvalue weighted by molar-refractivity contribution is 0.0130. The first-order valence-electron chi connectivity index (χ1n) is 2.78. The summed E-state index contributed by atoms with van der Waals surface area (Å²) in [6.07, 6.45) is 3.43. The van der Waals surface area contributed by atoms with Gasteiger partial charge in [-0.25, -0.2) is 0 Å². The number of hydrogen-bond acceptors (Lipinski definition) is 4. The van der Waals surface area contributed by atoms with Crippen LogP contribution in [0.25, 0.3) is 0 Å². The Morgan fingerprint density at radius 2 is 2.44 bits per heavy atom. The summed E-state index contributed by atoms with van der Waals surface area (Å²) in [6, 6.07) is 0. The zero-order chi connectivity index (χ0) is 6.69. The van der Waals surface area contributed by atoms with Crippen LogP contribution in [-0.4, -0.2) is 30.7 Å². The van der Waals surface area contributed by atoms with Gasteiger partial charge in [0.15, 0.2) is 0 Å². The van der Waals surface area contributed by atoms with Crippen LogP contribution in [0.5, 0.6) is 0 Å². The van der Waals surface area contributed by atoms with E-state index < -0.39 is 0 Å². The predicted molar refractivity (Wildman–Crippen MR) is 33.8 cm³/mol. The number of hydrogen-bond donors (Lipinski definition) is 1. The molecule has 0 amide bonds. The standard InChI is InChI=1S/C5H11N3O/c1-7(2)5-8-3-4-9-6-8/h3-4,6H,5H2,1-2H3. The average Bonchev–Trinajstić information content (AvgIpc) is 2.15. The van der Waals surface area contributed by atoms with Crippen LogP contribution in [-0.2, 0) is 4.84 Å². The van der Waals surface area contributed by atoms with Gasteiger partial charge in [0.1, 0.15) is 6.26 Å². The quantitative estimate of drug-likeness (QED) is 0.555. The molecule has 0 aromatic rings. The minimum Gasteiger partial charge on any atom is -0.395 e. The van der Waals surface area contributed by atoms with Gasteiger partial charge in [-0.2, -0.15) is 0 Å². The van der Waals surface area contributed by atoms with Gasteiger partial charge in [0.05, 0.1) is 12.9 Å². The zero-order valence-electron chi connectivity index (χ0n) is 5.66. The summed E-state index contributed by atoms with van der Waals surface area (Å²) >= 11 is 0. The van der Waals surface area contributed by atoms with Gasteiger partial charge < -0.3 is 4.84 Å². The molecule has 0 saturated heterocycles. The minimum atomic E-state index is 0.816. The first kappa shape index (κ1) is 6.38. The van der Waals surface area contributed by atoms with E-state index in [1.165, 1.54) is 0 Å². The molecule has 0 atom stereocenters. The van der Waals surface area contributed by atoms with Gasteiger partial charge in [0.25, 0.3) is 0 Å². The van der Waals surface area contributed by atoms with Crippen molar-refractivity contribution in [3.05, 3.63) is 12.5 Å². The molecule has 4 heteroatoms. The van der Waals surface area contributed by atoms with Crippen LogP contribution in [0.1, 0.15) is 0 Å². The molecular weight excluding hydrogens is 118 g/mol. The van der Waals surface area contributed by atoms with Crippen LogP contribution in [0, 0.1) is 0 Å². The summed E-state index contributed by atoms with van der Waals surface area (Å²) in [6.45, 7) is 0.816. The molecule has 0 aromatic heterocycles. The third-order valence-electron chi connectivity index (χ3n) is 0.914. The Kier molecular flexibility index (Phi) is 1.92. The fraction of sp³-hybridized carbons (Fsp3) is 0.600. The van der Waals surface area contributed by atoms with Crippen molar-refractivity contribution in [2.45, 2.75) is 0 Å². The van der Waals surface area contributed by atoms with Crippen molar-refractivity contribution < 1.29 is 4.84 Å². The maximum absolute atomic E-state index is 4.73. The maximum Gasteiger partial charge on any atom is 0.131 e. The molecule has 52 valence electrons. The Balaban J connectivity index is 2.20. The van der Waals surface area contributed by atoms with Gasteiger partial charge in [-0.1, -0.05) is 5.59 Å². The number of nitrogens with one attached hydrogen (secondary N) is 1. The molecule has 1 aliphatic heterocycles. The Hall–Kier alpha value is -0.740. The molecule has 0 aromatic carbocycles. The largest absolute Gasteiger partial charge is 0.395 e. The summed E-state index contributed by atoms with van der Waals surface area (Å²) < 4.78 is 0. The second-order valence-corrected chi connectivity index (χ2v) is 2.19. The average molecular weight is 129 g/mol. The molecule has 0 unspecified atom stereocenters. The molecule has 1 rings (SSSR count). The molecule has 1 aliphatic rings. The first-order valence-corrected chi connectivity index (χ1v) is 2.78. The Bertz CT molecular complexity index is 113. The molecule has 1 N–H and O–H groups in total. The first-order chi connectivity index (χ1) is 4.29. The second-order valence-electron chi connectivity index (χ2n) is 2.19. The summed E-state index contributed by atoms with van der Waals surface area (Å²) in [4.78, 5) is 6.76. The molecule has 0 bridgehead atoms. The van der Waals surface area contributed by atoms with Crippen molar-refractivity contribution in [2.75, 3.05) is 20.8 Å². The number of rotatable bonds is 2. The van der Waals surface area contributed by atoms with Gasteiger partial charge in [0, 0.05) is 0 Å². The molecule has 9 heavy (non-hydrogen) atoms. The Labute approximate surface area is 54.6 Å². The summed E-state index contributed by atoms with van der Waals surface area (Å²) in [5.74, 6) is 0. The summed E-state index contributed by atoms with van der Waals surface area (Å²) in [5, 5.41) is 1.83. The van der Waals surface area contributed by atoms with Crippen molar-refractivity contribution in [1.82, 2.24) is 15.5 Å². The summed E-state index contributed by atoms with van der Waals surface area (Å²) in [7, 11) is 3.99. The monoisotopic (exact) mass is 129 g/mol. The van der Waals surface area contributed by atoms with E-state index >= 15 is 0 Å². The smallest absolute Gasteiger partial charge is 0.131 e. The van der Waals surface area contributed by atoms with E-state index in [1.54, 1.807) is 6.26 Å². The Morgan fingerprint density at radius 1 is 1.67 bits per heavy atom. The molecule has 0 spiro atoms. The highest BCUT2D eigenvalue weighted by Gasteiger charge is 2.03. The minimum absolute atomic E-state index is 0.816. The fourth-order valence-electron chi connectivity index (χ4n) is 0.613. The van der Waals surface area contributed by atoms with Gasteiger partial charge in [-0.05, 0) is 14.1 Å². The Morgan fingerprint density at radius 3 is 2.89 bits per heavy atom. The van der Waals surface area contributed by atoms with Crippen molar-refractivity contribution >= 4 is 0 Å². The van der Waals surface area contributed by atoms with E-state index in [-0.39, 0.29) is 0 Å². The molecule has 4 nitrogen and oxygen atoms in total. The topological polar surface area (TPSA) is 27.7 Å². The zero-order valence-corrected chi connectivity index (χ0v) is 5.66. The van der Waals surface area contributed by atoms with Gasteiger partial charge in [-0.3, -0.25) is 9.91 Å². The van der Waals surface area contributed by atoms with Gasteiger partial charge >= 0.3 is 0 Å². The van der Waals surface area contributed by atoms with Crippen LogP contribution < -0.4 is 5.59 Å². The van der Waals surface area contributed by atoms with Gasteiger partial charge in [-0.15, -0.1) is 0 Å². The van der Waals surface area contributed by atoms with Crippen molar-refractivity contribution in [3.63, 3.8) is 0 Å². The lowest BCUT2D eigenvalue weighted by Crippen LogP contribution is -2.35. The SMILES string of the molecule is CN(C)CN1C=CON1. The molecule has 0 radical (unpaired) electrons. The summed E-state index contributed by atoms with van der Waals surface area (Å²) in [5.41, 5.74) is 2.67. The molecule has 1 heterocycles. The second kappa shape index (κ2) is 2.70. The van der Waals surface area contributed by atoms with Crippen LogP contribution in [0.2, 0.25) is 0 Å². The van der Waals surface area contributed by atoms with Crippen LogP contribution in [0.15, 0.2) is 12.5 Å². The van der Waals surface area contributed by atoms with E-state index in [4.69, 9.17) is 4.84 Å². The van der Waals surface area contributed by atoms with Crippen LogP contribution >= 0.6 is 0 Å². The number of hydrazine groups is 1. The van der Waals surface area contributed by atoms with Crippen LogP contribution in [0.4, 0.5) is 0 Å². The number of nitrogens with zero attached hydrogens (tertiary/aromatic N) is 2. The van der Waals surface area contributed by atoms with Crippen molar-refractivity contribution in [1.29, 1.82) is 0 Å². The highest BCUT2D eigenvalue weighted by molar-refractivity contribution is 4.74. The fourth-order valence-corrected chi connectivity index (χ4v) is 0.613. The van der Waals surface area contributed by atoms with Crippen LogP contribution in [0.3, 0.4) is 0 Å². The third kappa shape index (κ3) is 1.91. The van der Waals surface area contributed by atoms with E-state index in [9.17, 15) is 0 Å². The lowest BCUT2D eigenvalue weighted by atomic mass is 10.8. The van der Waals surface area contributed by atoms with E-state index in [0.29, 0.717) is 0 Å². The highest BCUT2D eigenvalue weighted by atomic mass is 16.7. The molecule has 0 fully saturated rings. The lowest BCUT2D eigenvalue weighted by Gasteiger charge is -2.18. The normalized spacial score (nSPS) is 17.0. The highest BCUT2D eigenvalue weighted by Crippen LogP contribution is 1.93. The molecule has 0 saturated carbocycles. The van der Waals surface area contributed by atoms with E-state index in [1.807, 2.05) is 30.2 Å². The van der Waals surface area contributed by atoms with Crippen molar-refractivity contribution in [3.8, 4) is 0 Å². The molecular formula is C5H11N3O. The van der Waals surface area contributed by atoms with E-state index in [2.05, 4.69) is 5.59 Å². The third-order valence-corrected chi connectivity index (χ3v) is 0.914. The van der Waals surface area contributed by atoms with E-state index in [0.717, 1.165) is 6.67 Å². The molecule has 0 aliphatic carbocycles. The predicted octanol–water partition coefficient (Wildman–Crippen LogP) is -0.272. The van der Waals surface area contributed by atoms with Gasteiger partial charge in [0.2, 0.25) is 0 Å².